The number of nitrogens with zero attached hydrogens (tertiary/aromatic N) is 1. The van der Waals surface area contributed by atoms with Crippen LogP contribution in [0.3, 0.4) is 0 Å². The lowest BCUT2D eigenvalue weighted by atomic mass is 9.98. The minimum absolute atomic E-state index is 0.306. The minimum atomic E-state index is 0.306. The quantitative estimate of drug-likeness (QED) is 0.694. The smallest absolute Gasteiger partial charge is 0.0443 e. The number of hydrogen-bond acceptors (Lipinski definition) is 3. The maximum absolute atomic E-state index is 8.92. The summed E-state index contributed by atoms with van der Waals surface area (Å²) in [5, 5.41) is 12.4. The number of hydrogen-bond donors (Lipinski definition) is 2. The third-order valence-corrected chi connectivity index (χ3v) is 3.49. The highest BCUT2D eigenvalue weighted by molar-refractivity contribution is 4.89. The monoisotopic (exact) mass is 214 g/mol. The summed E-state index contributed by atoms with van der Waals surface area (Å²) in [7, 11) is 0. The van der Waals surface area contributed by atoms with Gasteiger partial charge >= 0.3 is 0 Å². The van der Waals surface area contributed by atoms with Crippen molar-refractivity contribution in [1.29, 1.82) is 0 Å². The summed E-state index contributed by atoms with van der Waals surface area (Å²) in [6, 6.07) is 1.25. The Morgan fingerprint density at radius 3 is 2.67 bits per heavy atom. The number of nitrogens with one attached hydrogen (secondary N) is 1. The van der Waals surface area contributed by atoms with Gasteiger partial charge in [0, 0.05) is 31.8 Å². The largest absolute Gasteiger partial charge is 0.396 e. The molecule has 1 saturated heterocycles. The molecule has 1 aliphatic heterocycles. The SMILES string of the molecule is CCC1CNCC1N(CCCO)C(C)C. The molecule has 0 aliphatic carbocycles. The molecule has 0 bridgehead atoms. The third kappa shape index (κ3) is 3.44. The Hall–Kier alpha value is -0.120. The summed E-state index contributed by atoms with van der Waals surface area (Å²) in [4.78, 5) is 2.55. The summed E-state index contributed by atoms with van der Waals surface area (Å²) < 4.78 is 0. The maximum Gasteiger partial charge on any atom is 0.0443 e. The van der Waals surface area contributed by atoms with E-state index in [-0.39, 0.29) is 0 Å². The highest BCUT2D eigenvalue weighted by Gasteiger charge is 2.31. The zero-order valence-corrected chi connectivity index (χ0v) is 10.4. The first-order valence-electron chi connectivity index (χ1n) is 6.28. The molecule has 0 radical (unpaired) electrons. The van der Waals surface area contributed by atoms with Crippen LogP contribution in [0.5, 0.6) is 0 Å². The van der Waals surface area contributed by atoms with E-state index in [1.54, 1.807) is 0 Å². The number of aliphatic hydroxyl groups excluding tert-OH is 1. The van der Waals surface area contributed by atoms with E-state index in [1.165, 1.54) is 6.42 Å². The Morgan fingerprint density at radius 2 is 2.13 bits per heavy atom. The van der Waals surface area contributed by atoms with Crippen molar-refractivity contribution in [2.45, 2.75) is 45.7 Å². The Labute approximate surface area is 93.9 Å². The molecule has 1 aliphatic rings. The molecule has 2 unspecified atom stereocenters. The first-order chi connectivity index (χ1) is 7.20. The molecule has 2 N–H and O–H groups in total. The van der Waals surface area contributed by atoms with Gasteiger partial charge in [-0.3, -0.25) is 4.90 Å². The highest BCUT2D eigenvalue weighted by Crippen LogP contribution is 2.21. The minimum Gasteiger partial charge on any atom is -0.396 e. The van der Waals surface area contributed by atoms with Gasteiger partial charge in [-0.15, -0.1) is 0 Å². The Balaban J connectivity index is 2.53. The summed E-state index contributed by atoms with van der Waals surface area (Å²) in [6.07, 6.45) is 2.14. The van der Waals surface area contributed by atoms with Crippen LogP contribution in [0.2, 0.25) is 0 Å². The van der Waals surface area contributed by atoms with E-state index in [4.69, 9.17) is 5.11 Å². The van der Waals surface area contributed by atoms with Crippen LogP contribution in [0.4, 0.5) is 0 Å². The van der Waals surface area contributed by atoms with Gasteiger partial charge in [-0.1, -0.05) is 13.3 Å². The second-order valence-corrected chi connectivity index (χ2v) is 4.80. The molecule has 0 spiro atoms. The molecule has 90 valence electrons. The lowest BCUT2D eigenvalue weighted by Gasteiger charge is -2.35. The van der Waals surface area contributed by atoms with Crippen molar-refractivity contribution in [3.05, 3.63) is 0 Å². The van der Waals surface area contributed by atoms with Crippen LogP contribution in [0.1, 0.15) is 33.6 Å². The van der Waals surface area contributed by atoms with E-state index in [0.717, 1.165) is 32.0 Å². The van der Waals surface area contributed by atoms with Gasteiger partial charge in [-0.25, -0.2) is 0 Å². The maximum atomic E-state index is 8.92. The third-order valence-electron chi connectivity index (χ3n) is 3.49. The predicted octanol–water partition coefficient (Wildman–Crippen LogP) is 1.08. The Bertz CT molecular complexity index is 173. The summed E-state index contributed by atoms with van der Waals surface area (Å²) >= 11 is 0. The molecule has 0 saturated carbocycles. The van der Waals surface area contributed by atoms with Gasteiger partial charge in [0.15, 0.2) is 0 Å². The average molecular weight is 214 g/mol. The number of rotatable bonds is 6. The zero-order chi connectivity index (χ0) is 11.3. The normalized spacial score (nSPS) is 26.8. The van der Waals surface area contributed by atoms with Crippen LogP contribution < -0.4 is 5.32 Å². The molecule has 0 amide bonds. The molecule has 0 aromatic rings. The van der Waals surface area contributed by atoms with Crippen LogP contribution >= 0.6 is 0 Å². The van der Waals surface area contributed by atoms with Crippen LogP contribution in [0.25, 0.3) is 0 Å². The van der Waals surface area contributed by atoms with Crippen LogP contribution in [0, 0.1) is 5.92 Å². The number of aliphatic hydroxyl groups is 1. The summed E-state index contributed by atoms with van der Waals surface area (Å²) in [6.45, 7) is 10.4. The van der Waals surface area contributed by atoms with Gasteiger partial charge in [0.1, 0.15) is 0 Å². The van der Waals surface area contributed by atoms with Crippen LogP contribution in [-0.2, 0) is 0 Å². The molecule has 15 heavy (non-hydrogen) atoms. The van der Waals surface area contributed by atoms with E-state index < -0.39 is 0 Å². The van der Waals surface area contributed by atoms with Crippen molar-refractivity contribution in [3.8, 4) is 0 Å². The Morgan fingerprint density at radius 1 is 1.40 bits per heavy atom. The fraction of sp³-hybridized carbons (Fsp3) is 1.00. The first-order valence-corrected chi connectivity index (χ1v) is 6.28. The molecule has 0 aromatic carbocycles. The van der Waals surface area contributed by atoms with Crippen molar-refractivity contribution >= 4 is 0 Å². The lowest BCUT2D eigenvalue weighted by molar-refractivity contribution is 0.119. The molecule has 3 heteroatoms. The zero-order valence-electron chi connectivity index (χ0n) is 10.4. The fourth-order valence-electron chi connectivity index (χ4n) is 2.58. The van der Waals surface area contributed by atoms with Crippen molar-refractivity contribution in [2.75, 3.05) is 26.2 Å². The van der Waals surface area contributed by atoms with E-state index in [2.05, 4.69) is 31.0 Å². The van der Waals surface area contributed by atoms with E-state index in [0.29, 0.717) is 18.7 Å². The van der Waals surface area contributed by atoms with Gasteiger partial charge in [0.2, 0.25) is 0 Å². The van der Waals surface area contributed by atoms with E-state index in [9.17, 15) is 0 Å². The second-order valence-electron chi connectivity index (χ2n) is 4.80. The van der Waals surface area contributed by atoms with Gasteiger partial charge in [-0.05, 0) is 32.7 Å². The molecule has 1 heterocycles. The molecule has 2 atom stereocenters. The van der Waals surface area contributed by atoms with Crippen molar-refractivity contribution in [1.82, 2.24) is 10.2 Å². The van der Waals surface area contributed by atoms with E-state index >= 15 is 0 Å². The average Bonchev–Trinajstić information content (AvgIpc) is 2.66. The lowest BCUT2D eigenvalue weighted by Crippen LogP contribution is -2.45. The second kappa shape index (κ2) is 6.46. The van der Waals surface area contributed by atoms with Gasteiger partial charge in [0.05, 0.1) is 0 Å². The van der Waals surface area contributed by atoms with Gasteiger partial charge in [0.25, 0.3) is 0 Å². The molecule has 1 fully saturated rings. The Kier molecular flexibility index (Phi) is 5.58. The topological polar surface area (TPSA) is 35.5 Å². The summed E-state index contributed by atoms with van der Waals surface area (Å²) in [5.41, 5.74) is 0. The molecular weight excluding hydrogens is 188 g/mol. The highest BCUT2D eigenvalue weighted by atomic mass is 16.3. The fourth-order valence-corrected chi connectivity index (χ4v) is 2.58. The van der Waals surface area contributed by atoms with E-state index in [1.807, 2.05) is 0 Å². The molecule has 0 aromatic heterocycles. The van der Waals surface area contributed by atoms with Crippen LogP contribution in [0.15, 0.2) is 0 Å². The van der Waals surface area contributed by atoms with Crippen molar-refractivity contribution in [2.24, 2.45) is 5.92 Å². The molecule has 3 nitrogen and oxygen atoms in total. The van der Waals surface area contributed by atoms with Gasteiger partial charge < -0.3 is 10.4 Å². The predicted molar refractivity (Wildman–Crippen MR) is 64.0 cm³/mol. The summed E-state index contributed by atoms with van der Waals surface area (Å²) in [5.74, 6) is 0.783. The molecular formula is C12H26N2O. The van der Waals surface area contributed by atoms with Gasteiger partial charge in [-0.2, -0.15) is 0 Å². The standard InChI is InChI=1S/C12H26N2O/c1-4-11-8-13-9-12(11)14(10(2)3)6-5-7-15/h10-13,15H,4-9H2,1-3H3. The van der Waals surface area contributed by atoms with Crippen molar-refractivity contribution in [3.63, 3.8) is 0 Å². The first kappa shape index (κ1) is 12.9. The molecule has 1 rings (SSSR count). The van der Waals surface area contributed by atoms with Crippen LogP contribution in [-0.4, -0.2) is 48.3 Å². The van der Waals surface area contributed by atoms with Crippen molar-refractivity contribution < 1.29 is 5.11 Å².